The van der Waals surface area contributed by atoms with E-state index in [4.69, 9.17) is 4.74 Å². The van der Waals surface area contributed by atoms with Gasteiger partial charge < -0.3 is 9.64 Å². The second-order valence-corrected chi connectivity index (χ2v) is 6.75. The van der Waals surface area contributed by atoms with Crippen LogP contribution in [-0.2, 0) is 9.53 Å². The van der Waals surface area contributed by atoms with E-state index in [1.54, 1.807) is 4.90 Å². The number of esters is 1. The second-order valence-electron chi connectivity index (χ2n) is 5.50. The first-order valence-corrected chi connectivity index (χ1v) is 8.62. The molecule has 3 nitrogen and oxygen atoms in total. The van der Waals surface area contributed by atoms with E-state index >= 15 is 0 Å². The number of hydrogen-bond acceptors (Lipinski definition) is 2. The third-order valence-corrected chi connectivity index (χ3v) is 5.07. The Labute approximate surface area is 134 Å². The molecule has 0 aliphatic carbocycles. The van der Waals surface area contributed by atoms with Crippen LogP contribution in [0, 0.1) is 6.92 Å². The molecule has 1 N–H and O–H groups in total. The number of ether oxygens (including phenoxy) is 1. The van der Waals surface area contributed by atoms with Crippen LogP contribution in [-0.4, -0.2) is 32.2 Å². The zero-order chi connectivity index (χ0) is 14.4. The van der Waals surface area contributed by atoms with E-state index in [-0.39, 0.29) is 9.89 Å². The number of benzene rings is 1. The van der Waals surface area contributed by atoms with Crippen LogP contribution in [0.3, 0.4) is 0 Å². The van der Waals surface area contributed by atoms with Crippen LogP contribution in [0.5, 0.6) is 0 Å². The van der Waals surface area contributed by atoms with Gasteiger partial charge in [-0.2, -0.15) is 0 Å². The lowest BCUT2D eigenvalue weighted by Crippen LogP contribution is -3.13. The lowest BCUT2D eigenvalue weighted by Gasteiger charge is -2.23. The molecule has 0 aromatic heterocycles. The maximum absolute atomic E-state index is 12.0. The summed E-state index contributed by atoms with van der Waals surface area (Å²) in [6.45, 7) is 5.99. The quantitative estimate of drug-likeness (QED) is 0.476. The first-order chi connectivity index (χ1) is 9.66. The lowest BCUT2D eigenvalue weighted by molar-refractivity contribution is -0.905. The van der Waals surface area contributed by atoms with E-state index in [9.17, 15) is 4.79 Å². The first-order valence-electron chi connectivity index (χ1n) is 7.37. The third kappa shape index (κ3) is 4.74. The Morgan fingerprint density at radius 2 is 1.90 bits per heavy atom. The number of nitrogens with one attached hydrogen (secondary N) is 1. The summed E-state index contributed by atoms with van der Waals surface area (Å²) in [5.74, 6) is -0.120. The van der Waals surface area contributed by atoms with Crippen molar-refractivity contribution >= 4 is 28.6 Å². The number of likely N-dealkylation sites (tertiary alicyclic amines) is 1. The topological polar surface area (TPSA) is 30.7 Å². The van der Waals surface area contributed by atoms with Crippen LogP contribution < -0.4 is 4.90 Å². The second kappa shape index (κ2) is 7.98. The summed E-state index contributed by atoms with van der Waals surface area (Å²) < 4.78 is 5.22. The molecule has 0 spiro atoms. The molecule has 0 radical (unpaired) electrons. The molecule has 1 atom stereocenters. The normalized spacial score (nSPS) is 17.7. The number of halogens is 1. The molecular formula is C16H23INO2+. The van der Waals surface area contributed by atoms with Crippen molar-refractivity contribution in [2.75, 3.05) is 26.2 Å². The highest BCUT2D eigenvalue weighted by Crippen LogP contribution is 2.24. The fraction of sp³-hybridized carbons (Fsp3) is 0.562. The Morgan fingerprint density at radius 1 is 1.25 bits per heavy atom. The molecule has 1 unspecified atom stereocenters. The van der Waals surface area contributed by atoms with Crippen LogP contribution in [0.1, 0.15) is 34.3 Å². The van der Waals surface area contributed by atoms with Crippen molar-refractivity contribution in [3.8, 4) is 0 Å². The Balaban J connectivity index is 1.74. The van der Waals surface area contributed by atoms with Gasteiger partial charge in [-0.1, -0.05) is 52.4 Å². The molecule has 1 aliphatic heterocycles. The number of aryl methyl sites for hydroxylation is 1. The van der Waals surface area contributed by atoms with E-state index in [0.717, 1.165) is 12.1 Å². The van der Waals surface area contributed by atoms with Gasteiger partial charge in [0, 0.05) is 0 Å². The summed E-state index contributed by atoms with van der Waals surface area (Å²) in [7, 11) is 0. The summed E-state index contributed by atoms with van der Waals surface area (Å²) in [6, 6.07) is 8.07. The predicted octanol–water partition coefficient (Wildman–Crippen LogP) is 2.08. The minimum Gasteiger partial charge on any atom is -0.459 e. The van der Waals surface area contributed by atoms with E-state index < -0.39 is 0 Å². The molecule has 1 aromatic rings. The van der Waals surface area contributed by atoms with Gasteiger partial charge in [0.15, 0.2) is 0 Å². The van der Waals surface area contributed by atoms with Gasteiger partial charge >= 0.3 is 5.97 Å². The van der Waals surface area contributed by atoms with Crippen molar-refractivity contribution in [1.82, 2.24) is 0 Å². The van der Waals surface area contributed by atoms with E-state index in [2.05, 4.69) is 22.6 Å². The number of quaternary nitrogens is 1. The highest BCUT2D eigenvalue weighted by atomic mass is 127. The van der Waals surface area contributed by atoms with Crippen LogP contribution in [0.15, 0.2) is 24.3 Å². The van der Waals surface area contributed by atoms with Gasteiger partial charge in [-0.25, -0.2) is 0 Å². The Morgan fingerprint density at radius 3 is 2.55 bits per heavy atom. The molecule has 0 saturated carbocycles. The van der Waals surface area contributed by atoms with Crippen molar-refractivity contribution in [3.63, 3.8) is 0 Å². The third-order valence-electron chi connectivity index (χ3n) is 3.84. The molecule has 2 rings (SSSR count). The summed E-state index contributed by atoms with van der Waals surface area (Å²) in [6.07, 6.45) is 3.97. The smallest absolute Gasteiger partial charge is 0.323 e. The van der Waals surface area contributed by atoms with Crippen molar-refractivity contribution in [2.45, 2.75) is 30.1 Å². The Bertz CT molecular complexity index is 427. The standard InChI is InChI=1S/C16H22INO2/c1-13-5-7-14(8-6-13)15(17)16(19)20-12-11-18-9-3-2-4-10-18/h5-8,15H,2-4,9-12H2,1H3/p+1. The summed E-state index contributed by atoms with van der Waals surface area (Å²) in [5, 5.41) is 0. The van der Waals surface area contributed by atoms with Crippen LogP contribution in [0.2, 0.25) is 0 Å². The SMILES string of the molecule is Cc1ccc(C(I)C(=O)OCC[NH+]2CCCCC2)cc1. The van der Waals surface area contributed by atoms with Crippen LogP contribution >= 0.6 is 22.6 Å². The molecular weight excluding hydrogens is 365 g/mol. The summed E-state index contributed by atoms with van der Waals surface area (Å²) in [5.41, 5.74) is 2.23. The van der Waals surface area contributed by atoms with E-state index in [1.165, 1.54) is 37.9 Å². The van der Waals surface area contributed by atoms with E-state index in [0.29, 0.717) is 6.61 Å². The fourth-order valence-corrected chi connectivity index (χ4v) is 3.14. The van der Waals surface area contributed by atoms with Crippen LogP contribution in [0.4, 0.5) is 0 Å². The first kappa shape index (κ1) is 15.8. The number of rotatable bonds is 5. The van der Waals surface area contributed by atoms with Crippen molar-refractivity contribution in [2.24, 2.45) is 0 Å². The number of alkyl halides is 1. The fourth-order valence-electron chi connectivity index (χ4n) is 2.54. The molecule has 1 heterocycles. The average molecular weight is 388 g/mol. The summed E-state index contributed by atoms with van der Waals surface area (Å²) in [4.78, 5) is 13.6. The predicted molar refractivity (Wildman–Crippen MR) is 88.3 cm³/mol. The minimum absolute atomic E-state index is 0.120. The molecule has 0 amide bonds. The number of piperidine rings is 1. The zero-order valence-corrected chi connectivity index (χ0v) is 14.2. The van der Waals surface area contributed by atoms with Crippen molar-refractivity contribution < 1.29 is 14.4 Å². The molecule has 1 aromatic carbocycles. The average Bonchev–Trinajstić information content (AvgIpc) is 2.48. The lowest BCUT2D eigenvalue weighted by atomic mass is 10.1. The van der Waals surface area contributed by atoms with Gasteiger partial charge in [-0.15, -0.1) is 0 Å². The Hall–Kier alpha value is -0.620. The maximum atomic E-state index is 12.0. The highest BCUT2D eigenvalue weighted by Gasteiger charge is 2.20. The van der Waals surface area contributed by atoms with Gasteiger partial charge in [0.2, 0.25) is 0 Å². The molecule has 1 aliphatic rings. The van der Waals surface area contributed by atoms with Gasteiger partial charge in [-0.05, 0) is 31.7 Å². The zero-order valence-electron chi connectivity index (χ0n) is 12.0. The largest absolute Gasteiger partial charge is 0.459 e. The molecule has 110 valence electrons. The molecule has 20 heavy (non-hydrogen) atoms. The van der Waals surface area contributed by atoms with Crippen LogP contribution in [0.25, 0.3) is 0 Å². The van der Waals surface area contributed by atoms with Crippen molar-refractivity contribution in [1.29, 1.82) is 0 Å². The molecule has 1 fully saturated rings. The molecule has 4 heteroatoms. The minimum atomic E-state index is -0.204. The maximum Gasteiger partial charge on any atom is 0.323 e. The monoisotopic (exact) mass is 388 g/mol. The van der Waals surface area contributed by atoms with Crippen molar-refractivity contribution in [3.05, 3.63) is 35.4 Å². The molecule has 1 saturated heterocycles. The van der Waals surface area contributed by atoms with Gasteiger partial charge in [0.1, 0.15) is 17.1 Å². The Kier molecular flexibility index (Phi) is 6.29. The number of hydrogen-bond donors (Lipinski definition) is 1. The highest BCUT2D eigenvalue weighted by molar-refractivity contribution is 14.1. The number of carbonyl (C=O) groups excluding carboxylic acids is 1. The van der Waals surface area contributed by atoms with Gasteiger partial charge in [0.25, 0.3) is 0 Å². The van der Waals surface area contributed by atoms with Gasteiger partial charge in [-0.3, -0.25) is 4.79 Å². The number of carbonyl (C=O) groups is 1. The summed E-state index contributed by atoms with van der Waals surface area (Å²) >= 11 is 2.16. The van der Waals surface area contributed by atoms with E-state index in [1.807, 2.05) is 31.2 Å². The van der Waals surface area contributed by atoms with Gasteiger partial charge in [0.05, 0.1) is 13.1 Å². The molecule has 0 bridgehead atoms.